The molecule has 0 aromatic rings. The lowest BCUT2D eigenvalue weighted by atomic mass is 10.0. The van der Waals surface area contributed by atoms with E-state index in [9.17, 15) is 0 Å². The molecule has 0 aliphatic carbocycles. The second-order valence-electron chi connectivity index (χ2n) is 6.45. The van der Waals surface area contributed by atoms with Gasteiger partial charge in [0.05, 0.1) is 6.10 Å². The van der Waals surface area contributed by atoms with Crippen LogP contribution >= 0.6 is 24.0 Å². The molecule has 0 spiro atoms. The van der Waals surface area contributed by atoms with E-state index in [2.05, 4.69) is 62.1 Å². The van der Waals surface area contributed by atoms with Crippen LogP contribution in [0.25, 0.3) is 0 Å². The third kappa shape index (κ3) is 14.7. The van der Waals surface area contributed by atoms with Gasteiger partial charge in [0, 0.05) is 26.2 Å². The third-order valence-corrected chi connectivity index (χ3v) is 4.24. The number of rotatable bonds is 14. The second kappa shape index (κ2) is 18.7. The maximum atomic E-state index is 5.80. The zero-order valence-electron chi connectivity index (χ0n) is 17.4. The van der Waals surface area contributed by atoms with E-state index in [4.69, 9.17) is 4.74 Å². The van der Waals surface area contributed by atoms with Crippen molar-refractivity contribution < 1.29 is 4.74 Å². The van der Waals surface area contributed by atoms with Crippen molar-refractivity contribution in [1.82, 2.24) is 15.5 Å². The molecule has 25 heavy (non-hydrogen) atoms. The lowest BCUT2D eigenvalue weighted by Gasteiger charge is -2.21. The highest BCUT2D eigenvalue weighted by Gasteiger charge is 2.12. The minimum Gasteiger partial charge on any atom is -0.378 e. The number of halogens is 1. The molecule has 0 heterocycles. The summed E-state index contributed by atoms with van der Waals surface area (Å²) in [5.74, 6) is 1.48. The molecule has 0 aliphatic rings. The van der Waals surface area contributed by atoms with Gasteiger partial charge >= 0.3 is 0 Å². The number of hydrogen-bond donors (Lipinski definition) is 2. The molecule has 0 radical (unpaired) electrons. The Hall–Kier alpha value is -0.0800. The number of ether oxygens (including phenoxy) is 1. The monoisotopic (exact) mass is 470 g/mol. The molecule has 0 bridgehead atoms. The van der Waals surface area contributed by atoms with Crippen LogP contribution in [0.15, 0.2) is 4.99 Å². The van der Waals surface area contributed by atoms with Gasteiger partial charge in [-0.25, -0.2) is 0 Å². The van der Waals surface area contributed by atoms with Gasteiger partial charge in [0.1, 0.15) is 0 Å². The van der Waals surface area contributed by atoms with Gasteiger partial charge in [-0.15, -0.1) is 24.0 Å². The van der Waals surface area contributed by atoms with Gasteiger partial charge in [0.2, 0.25) is 0 Å². The Morgan fingerprint density at radius 2 is 1.72 bits per heavy atom. The number of nitrogens with zero attached hydrogens (tertiary/aromatic N) is 2. The summed E-state index contributed by atoms with van der Waals surface area (Å²) in [6.45, 7) is 20.0. The molecule has 1 atom stereocenters. The molecular weight excluding hydrogens is 427 g/mol. The fourth-order valence-electron chi connectivity index (χ4n) is 2.68. The van der Waals surface area contributed by atoms with Gasteiger partial charge in [0.15, 0.2) is 5.96 Å². The molecule has 0 aromatic heterocycles. The maximum absolute atomic E-state index is 5.80. The van der Waals surface area contributed by atoms with Gasteiger partial charge in [-0.1, -0.05) is 27.7 Å². The van der Waals surface area contributed by atoms with Gasteiger partial charge < -0.3 is 20.3 Å². The van der Waals surface area contributed by atoms with E-state index in [1.807, 2.05) is 0 Å². The predicted molar refractivity (Wildman–Crippen MR) is 121 cm³/mol. The summed E-state index contributed by atoms with van der Waals surface area (Å²) < 4.78 is 5.80. The molecular formula is C19H43IN4O. The topological polar surface area (TPSA) is 48.9 Å². The molecule has 0 rings (SSSR count). The fraction of sp³-hybridized carbons (Fsp3) is 0.947. The highest BCUT2D eigenvalue weighted by molar-refractivity contribution is 14.0. The van der Waals surface area contributed by atoms with Crippen molar-refractivity contribution in [2.24, 2.45) is 10.9 Å². The molecule has 2 N–H and O–H groups in total. The van der Waals surface area contributed by atoms with Crippen molar-refractivity contribution in [2.75, 3.05) is 45.9 Å². The first kappa shape index (κ1) is 27.1. The van der Waals surface area contributed by atoms with Crippen molar-refractivity contribution in [3.63, 3.8) is 0 Å². The van der Waals surface area contributed by atoms with E-state index in [0.717, 1.165) is 58.1 Å². The Bertz CT molecular complexity index is 310. The lowest BCUT2D eigenvalue weighted by molar-refractivity contribution is 0.0258. The molecule has 0 saturated heterocycles. The molecule has 1 unspecified atom stereocenters. The molecule has 0 saturated carbocycles. The quantitative estimate of drug-likeness (QED) is 0.176. The highest BCUT2D eigenvalue weighted by Crippen LogP contribution is 2.09. The SMILES string of the molecule is CCNC(=NCCCCN(CC)CC)NCCC(OCC)C(C)C.I. The Balaban J connectivity index is 0. The smallest absolute Gasteiger partial charge is 0.191 e. The van der Waals surface area contributed by atoms with Crippen LogP contribution in [-0.4, -0.2) is 62.8 Å². The van der Waals surface area contributed by atoms with E-state index in [1.165, 1.54) is 13.0 Å². The normalized spacial score (nSPS) is 13.0. The minimum atomic E-state index is 0. The minimum absolute atomic E-state index is 0. The Labute approximate surface area is 173 Å². The summed E-state index contributed by atoms with van der Waals surface area (Å²) in [6, 6.07) is 0. The predicted octanol–water partition coefficient (Wildman–Crippen LogP) is 3.73. The molecule has 0 amide bonds. The Kier molecular flexibility index (Phi) is 20.3. The first-order valence-electron chi connectivity index (χ1n) is 9.94. The van der Waals surface area contributed by atoms with Gasteiger partial charge in [-0.3, -0.25) is 4.99 Å². The Morgan fingerprint density at radius 3 is 2.24 bits per heavy atom. The molecule has 0 aliphatic heterocycles. The van der Waals surface area contributed by atoms with Crippen LogP contribution in [0.3, 0.4) is 0 Å². The first-order chi connectivity index (χ1) is 11.6. The number of nitrogens with one attached hydrogen (secondary N) is 2. The summed E-state index contributed by atoms with van der Waals surface area (Å²) in [7, 11) is 0. The standard InChI is InChI=1S/C19H42N4O.HI/c1-7-20-19(21-14-11-12-16-23(8-2)9-3)22-15-13-18(17(5)6)24-10-4;/h17-18H,7-16H2,1-6H3,(H2,20,21,22);1H. The third-order valence-electron chi connectivity index (χ3n) is 4.24. The summed E-state index contributed by atoms with van der Waals surface area (Å²) in [6.07, 6.45) is 3.68. The van der Waals surface area contributed by atoms with Crippen LogP contribution in [0.1, 0.15) is 60.8 Å². The second-order valence-corrected chi connectivity index (χ2v) is 6.45. The van der Waals surface area contributed by atoms with E-state index < -0.39 is 0 Å². The largest absolute Gasteiger partial charge is 0.378 e. The van der Waals surface area contributed by atoms with E-state index in [1.54, 1.807) is 0 Å². The fourth-order valence-corrected chi connectivity index (χ4v) is 2.68. The first-order valence-corrected chi connectivity index (χ1v) is 9.94. The molecule has 6 heteroatoms. The van der Waals surface area contributed by atoms with Gasteiger partial charge in [0.25, 0.3) is 0 Å². The number of unbranched alkanes of at least 4 members (excludes halogenated alkanes) is 1. The number of aliphatic imine (C=N–C) groups is 1. The van der Waals surface area contributed by atoms with Crippen molar-refractivity contribution in [2.45, 2.75) is 66.9 Å². The van der Waals surface area contributed by atoms with Crippen molar-refractivity contribution >= 4 is 29.9 Å². The number of hydrogen-bond acceptors (Lipinski definition) is 3. The van der Waals surface area contributed by atoms with Gasteiger partial charge in [-0.05, 0) is 58.7 Å². The maximum Gasteiger partial charge on any atom is 0.191 e. The zero-order valence-corrected chi connectivity index (χ0v) is 19.8. The Morgan fingerprint density at radius 1 is 1.04 bits per heavy atom. The van der Waals surface area contributed by atoms with E-state index >= 15 is 0 Å². The van der Waals surface area contributed by atoms with E-state index in [-0.39, 0.29) is 24.0 Å². The highest BCUT2D eigenvalue weighted by atomic mass is 127. The summed E-state index contributed by atoms with van der Waals surface area (Å²) >= 11 is 0. The van der Waals surface area contributed by atoms with Crippen LogP contribution in [-0.2, 0) is 4.74 Å². The van der Waals surface area contributed by atoms with Crippen LogP contribution < -0.4 is 10.6 Å². The summed E-state index contributed by atoms with van der Waals surface area (Å²) in [5, 5.41) is 6.76. The average molecular weight is 470 g/mol. The van der Waals surface area contributed by atoms with E-state index in [0.29, 0.717) is 12.0 Å². The molecule has 0 aromatic carbocycles. The van der Waals surface area contributed by atoms with Crippen LogP contribution in [0.4, 0.5) is 0 Å². The van der Waals surface area contributed by atoms with Crippen LogP contribution in [0.5, 0.6) is 0 Å². The molecule has 5 nitrogen and oxygen atoms in total. The average Bonchev–Trinajstić information content (AvgIpc) is 2.57. The van der Waals surface area contributed by atoms with Crippen molar-refractivity contribution in [3.8, 4) is 0 Å². The van der Waals surface area contributed by atoms with Crippen molar-refractivity contribution in [3.05, 3.63) is 0 Å². The van der Waals surface area contributed by atoms with Crippen LogP contribution in [0, 0.1) is 5.92 Å². The van der Waals surface area contributed by atoms with Crippen molar-refractivity contribution in [1.29, 1.82) is 0 Å². The van der Waals surface area contributed by atoms with Gasteiger partial charge in [-0.2, -0.15) is 0 Å². The summed E-state index contributed by atoms with van der Waals surface area (Å²) in [4.78, 5) is 7.15. The molecule has 0 fully saturated rings. The molecule has 152 valence electrons. The number of guanidine groups is 1. The summed E-state index contributed by atoms with van der Waals surface area (Å²) in [5.41, 5.74) is 0. The lowest BCUT2D eigenvalue weighted by Crippen LogP contribution is -2.39. The zero-order chi connectivity index (χ0) is 18.2. The van der Waals surface area contributed by atoms with Crippen LogP contribution in [0.2, 0.25) is 0 Å².